The lowest BCUT2D eigenvalue weighted by Gasteiger charge is -2.26. The van der Waals surface area contributed by atoms with E-state index in [9.17, 15) is 5.26 Å². The SMILES string of the molecule is COc1cc(C2N=C(NC#N)Nc3nc(N)c(C#N)c(N)c32)ccc1OCc1ccccc1. The third-order valence-corrected chi connectivity index (χ3v) is 5.10. The number of nitrogens with zero attached hydrogens (tertiary/aromatic N) is 4. The van der Waals surface area contributed by atoms with Gasteiger partial charge in [0.15, 0.2) is 17.7 Å². The summed E-state index contributed by atoms with van der Waals surface area (Å²) >= 11 is 0. The summed E-state index contributed by atoms with van der Waals surface area (Å²) in [6, 6.07) is 16.5. The van der Waals surface area contributed by atoms with Gasteiger partial charge in [-0.25, -0.2) is 9.98 Å². The number of nitrogens with one attached hydrogen (secondary N) is 2. The predicted molar refractivity (Wildman–Crippen MR) is 123 cm³/mol. The molecule has 2 aromatic carbocycles. The summed E-state index contributed by atoms with van der Waals surface area (Å²) in [5.74, 6) is 1.52. The van der Waals surface area contributed by atoms with E-state index in [0.717, 1.165) is 5.56 Å². The lowest BCUT2D eigenvalue weighted by Crippen LogP contribution is -2.32. The average Bonchev–Trinajstić information content (AvgIpc) is 2.83. The molecule has 164 valence electrons. The van der Waals surface area contributed by atoms with Gasteiger partial charge in [-0.05, 0) is 23.3 Å². The first-order valence-electron chi connectivity index (χ1n) is 9.89. The van der Waals surface area contributed by atoms with Crippen LogP contribution in [0.15, 0.2) is 53.5 Å². The Kier molecular flexibility index (Phi) is 5.83. The minimum absolute atomic E-state index is 0.0135. The number of ether oxygens (including phenoxy) is 2. The second-order valence-electron chi connectivity index (χ2n) is 7.09. The number of guanidine groups is 1. The third-order valence-electron chi connectivity index (χ3n) is 5.10. The molecule has 4 rings (SSSR count). The lowest BCUT2D eigenvalue weighted by molar-refractivity contribution is 0.284. The molecule has 0 amide bonds. The third kappa shape index (κ3) is 4.13. The Morgan fingerprint density at radius 2 is 1.91 bits per heavy atom. The largest absolute Gasteiger partial charge is 0.493 e. The van der Waals surface area contributed by atoms with Crippen LogP contribution in [0, 0.1) is 22.8 Å². The highest BCUT2D eigenvalue weighted by Gasteiger charge is 2.30. The van der Waals surface area contributed by atoms with Crippen LogP contribution in [0.3, 0.4) is 0 Å². The minimum Gasteiger partial charge on any atom is -0.493 e. The van der Waals surface area contributed by atoms with Crippen LogP contribution in [-0.4, -0.2) is 18.1 Å². The van der Waals surface area contributed by atoms with Crippen LogP contribution >= 0.6 is 0 Å². The van der Waals surface area contributed by atoms with Gasteiger partial charge < -0.3 is 26.3 Å². The maximum absolute atomic E-state index is 9.47. The van der Waals surface area contributed by atoms with Gasteiger partial charge in [-0.15, -0.1) is 0 Å². The van der Waals surface area contributed by atoms with Gasteiger partial charge in [0.05, 0.1) is 12.8 Å². The van der Waals surface area contributed by atoms with Crippen LogP contribution in [0.5, 0.6) is 11.5 Å². The van der Waals surface area contributed by atoms with Gasteiger partial charge in [0.1, 0.15) is 35.9 Å². The number of benzene rings is 2. The molecule has 1 aliphatic heterocycles. The van der Waals surface area contributed by atoms with E-state index in [4.69, 9.17) is 26.2 Å². The summed E-state index contributed by atoms with van der Waals surface area (Å²) in [6.45, 7) is 0.378. The molecule has 3 aromatic rings. The zero-order valence-corrected chi connectivity index (χ0v) is 17.7. The van der Waals surface area contributed by atoms with Crippen molar-refractivity contribution in [3.63, 3.8) is 0 Å². The fourth-order valence-electron chi connectivity index (χ4n) is 3.53. The Morgan fingerprint density at radius 3 is 2.61 bits per heavy atom. The number of anilines is 3. The molecule has 10 heteroatoms. The number of hydrogen-bond acceptors (Lipinski definition) is 10. The number of rotatable bonds is 5. The number of aliphatic imine (C=N–C) groups is 1. The lowest BCUT2D eigenvalue weighted by atomic mass is 9.95. The summed E-state index contributed by atoms with van der Waals surface area (Å²) in [7, 11) is 1.54. The van der Waals surface area contributed by atoms with Crippen molar-refractivity contribution in [1.82, 2.24) is 10.3 Å². The van der Waals surface area contributed by atoms with Gasteiger partial charge >= 0.3 is 0 Å². The second kappa shape index (κ2) is 9.04. The minimum atomic E-state index is -0.672. The number of nitriles is 2. The molecule has 1 aromatic heterocycles. The molecule has 0 aliphatic carbocycles. The van der Waals surface area contributed by atoms with Crippen molar-refractivity contribution in [3.8, 4) is 23.8 Å². The summed E-state index contributed by atoms with van der Waals surface area (Å²) in [5.41, 5.74) is 14.6. The van der Waals surface area contributed by atoms with Crippen molar-refractivity contribution in [2.24, 2.45) is 4.99 Å². The molecule has 0 spiro atoms. The van der Waals surface area contributed by atoms with E-state index in [-0.39, 0.29) is 23.0 Å². The molecule has 0 saturated carbocycles. The number of pyridine rings is 1. The van der Waals surface area contributed by atoms with Gasteiger partial charge in [-0.2, -0.15) is 10.5 Å². The van der Waals surface area contributed by atoms with Crippen LogP contribution in [0.4, 0.5) is 17.3 Å². The fraction of sp³-hybridized carbons (Fsp3) is 0.130. The first-order chi connectivity index (χ1) is 16.0. The maximum atomic E-state index is 9.47. The van der Waals surface area contributed by atoms with Crippen molar-refractivity contribution in [2.75, 3.05) is 23.9 Å². The first kappa shape index (κ1) is 21.3. The van der Waals surface area contributed by atoms with Gasteiger partial charge in [-0.3, -0.25) is 5.32 Å². The molecule has 1 atom stereocenters. The van der Waals surface area contributed by atoms with E-state index in [1.165, 1.54) is 0 Å². The van der Waals surface area contributed by atoms with Crippen LogP contribution in [0.2, 0.25) is 0 Å². The molecule has 6 N–H and O–H groups in total. The molecule has 0 fully saturated rings. The van der Waals surface area contributed by atoms with Crippen molar-refractivity contribution >= 4 is 23.3 Å². The Bertz CT molecular complexity index is 1310. The number of aromatic nitrogens is 1. The fourth-order valence-corrected chi connectivity index (χ4v) is 3.53. The topological polar surface area (TPSA) is 167 Å². The average molecular weight is 440 g/mol. The Balaban J connectivity index is 1.74. The Hall–Kier alpha value is -4.96. The van der Waals surface area contributed by atoms with E-state index in [1.807, 2.05) is 48.7 Å². The summed E-state index contributed by atoms with van der Waals surface area (Å²) in [6.07, 6.45) is 1.83. The van der Waals surface area contributed by atoms with Gasteiger partial charge in [0.25, 0.3) is 0 Å². The highest BCUT2D eigenvalue weighted by atomic mass is 16.5. The van der Waals surface area contributed by atoms with E-state index < -0.39 is 6.04 Å². The standard InChI is InChI=1S/C23H20N8O2/c1-32-17-9-14(7-8-16(17)33-11-13-5-3-2-4-6-13)20-18-19(26)15(10-24)21(27)30-22(18)31-23(29-20)28-12-25/h2-9,20H,11H2,1H3,(H6,26,27,28,29,30,31). The number of fused-ring (bicyclic) bond motifs is 1. The van der Waals surface area contributed by atoms with Gasteiger partial charge in [0, 0.05) is 5.56 Å². The van der Waals surface area contributed by atoms with E-state index >= 15 is 0 Å². The molecular weight excluding hydrogens is 420 g/mol. The number of methoxy groups -OCH3 is 1. The number of nitrogens with two attached hydrogens (primary N) is 2. The Labute approximate surface area is 190 Å². The summed E-state index contributed by atoms with van der Waals surface area (Å²) in [4.78, 5) is 8.81. The molecule has 0 radical (unpaired) electrons. The highest BCUT2D eigenvalue weighted by molar-refractivity contribution is 5.98. The molecule has 10 nitrogen and oxygen atoms in total. The normalized spacial score (nSPS) is 14.0. The van der Waals surface area contributed by atoms with E-state index in [1.54, 1.807) is 19.2 Å². The van der Waals surface area contributed by atoms with E-state index in [0.29, 0.717) is 35.1 Å². The zero-order valence-electron chi connectivity index (χ0n) is 17.7. The van der Waals surface area contributed by atoms with Gasteiger partial charge in [0.2, 0.25) is 5.96 Å². The van der Waals surface area contributed by atoms with Crippen molar-refractivity contribution in [2.45, 2.75) is 12.6 Å². The van der Waals surface area contributed by atoms with Crippen LogP contribution in [0.25, 0.3) is 0 Å². The zero-order chi connectivity index (χ0) is 23.4. The summed E-state index contributed by atoms with van der Waals surface area (Å²) < 4.78 is 11.5. The van der Waals surface area contributed by atoms with Gasteiger partial charge in [-0.1, -0.05) is 36.4 Å². The van der Waals surface area contributed by atoms with Crippen LogP contribution in [0.1, 0.15) is 28.3 Å². The monoisotopic (exact) mass is 440 g/mol. The smallest absolute Gasteiger partial charge is 0.211 e. The summed E-state index contributed by atoms with van der Waals surface area (Å²) in [5, 5.41) is 23.9. The molecule has 1 unspecified atom stereocenters. The molecule has 0 saturated heterocycles. The molecule has 2 heterocycles. The molecular formula is C23H20N8O2. The molecule has 33 heavy (non-hydrogen) atoms. The van der Waals surface area contributed by atoms with Crippen molar-refractivity contribution in [3.05, 3.63) is 70.8 Å². The van der Waals surface area contributed by atoms with Crippen molar-refractivity contribution < 1.29 is 9.47 Å². The second-order valence-corrected chi connectivity index (χ2v) is 7.09. The van der Waals surface area contributed by atoms with E-state index in [2.05, 4.69) is 20.6 Å². The predicted octanol–water partition coefficient (Wildman–Crippen LogP) is 2.65. The van der Waals surface area contributed by atoms with Crippen molar-refractivity contribution in [1.29, 1.82) is 10.5 Å². The van der Waals surface area contributed by atoms with Crippen LogP contribution < -0.4 is 31.6 Å². The molecule has 0 bridgehead atoms. The first-order valence-corrected chi connectivity index (χ1v) is 9.89. The highest BCUT2D eigenvalue weighted by Crippen LogP contribution is 2.42. The number of nitrogen functional groups attached to an aromatic ring is 2. The molecule has 1 aliphatic rings. The maximum Gasteiger partial charge on any atom is 0.211 e. The number of hydrogen-bond donors (Lipinski definition) is 4. The Morgan fingerprint density at radius 1 is 1.12 bits per heavy atom. The van der Waals surface area contributed by atoms with Crippen LogP contribution in [-0.2, 0) is 6.61 Å². The quantitative estimate of drug-likeness (QED) is 0.344.